The Morgan fingerprint density at radius 1 is 1.05 bits per heavy atom. The third-order valence-electron chi connectivity index (χ3n) is 6.45. The number of hydrogen-bond donors (Lipinski definition) is 1. The largest absolute Gasteiger partial charge is 0.494 e. The number of carbonyl (C=O) groups is 1. The van der Waals surface area contributed by atoms with Crippen molar-refractivity contribution in [3.05, 3.63) is 107 Å². The fourth-order valence-corrected chi connectivity index (χ4v) is 4.46. The highest BCUT2D eigenvalue weighted by Crippen LogP contribution is 2.38. The van der Waals surface area contributed by atoms with E-state index in [9.17, 15) is 9.18 Å². The monoisotopic (exact) mass is 498 g/mol. The van der Waals surface area contributed by atoms with Gasteiger partial charge >= 0.3 is 6.03 Å². The third-order valence-corrected chi connectivity index (χ3v) is 6.45. The van der Waals surface area contributed by atoms with Gasteiger partial charge in [0.05, 0.1) is 24.8 Å². The molecule has 37 heavy (non-hydrogen) atoms. The standard InChI is InChI=1S/C29H27FN4O3/c1-4-36-24-14-12-20(13-15-24)26-25(28-32-27(33-37-28)21-10-7-11-23(30)16-21)19(3)34(29(35)31-26)17-22-9-6-5-8-18(22)2/h5-16,26H,4,17H2,1-3H3,(H,31,35). The van der Waals surface area contributed by atoms with Gasteiger partial charge in [-0.1, -0.05) is 53.7 Å². The maximum absolute atomic E-state index is 13.8. The van der Waals surface area contributed by atoms with Crippen molar-refractivity contribution in [1.29, 1.82) is 0 Å². The Morgan fingerprint density at radius 2 is 1.84 bits per heavy atom. The summed E-state index contributed by atoms with van der Waals surface area (Å²) in [7, 11) is 0. The Kier molecular flexibility index (Phi) is 6.72. The van der Waals surface area contributed by atoms with Gasteiger partial charge < -0.3 is 14.6 Å². The number of aryl methyl sites for hydroxylation is 1. The number of benzene rings is 3. The van der Waals surface area contributed by atoms with Gasteiger partial charge in [0.1, 0.15) is 11.6 Å². The van der Waals surface area contributed by atoms with Crippen molar-refractivity contribution in [2.45, 2.75) is 33.4 Å². The van der Waals surface area contributed by atoms with Gasteiger partial charge in [-0.25, -0.2) is 9.18 Å². The van der Waals surface area contributed by atoms with Crippen LogP contribution in [0.5, 0.6) is 5.75 Å². The van der Waals surface area contributed by atoms with Crippen LogP contribution in [0.3, 0.4) is 0 Å². The van der Waals surface area contributed by atoms with Crippen molar-refractivity contribution in [3.8, 4) is 17.1 Å². The van der Waals surface area contributed by atoms with E-state index in [-0.39, 0.29) is 23.6 Å². The summed E-state index contributed by atoms with van der Waals surface area (Å²) in [4.78, 5) is 19.6. The number of urea groups is 1. The van der Waals surface area contributed by atoms with E-state index in [1.165, 1.54) is 12.1 Å². The van der Waals surface area contributed by atoms with Crippen LogP contribution in [-0.4, -0.2) is 27.7 Å². The van der Waals surface area contributed by atoms with Crippen LogP contribution in [0.25, 0.3) is 17.0 Å². The molecule has 1 unspecified atom stereocenters. The molecule has 7 nitrogen and oxygen atoms in total. The van der Waals surface area contributed by atoms with E-state index in [2.05, 4.69) is 15.5 Å². The molecule has 0 saturated carbocycles. The molecule has 1 aliphatic rings. The lowest BCUT2D eigenvalue weighted by atomic mass is 9.94. The van der Waals surface area contributed by atoms with E-state index < -0.39 is 6.04 Å². The van der Waals surface area contributed by atoms with Crippen LogP contribution < -0.4 is 10.1 Å². The summed E-state index contributed by atoms with van der Waals surface area (Å²) >= 11 is 0. The molecule has 1 N–H and O–H groups in total. The molecular weight excluding hydrogens is 471 g/mol. The van der Waals surface area contributed by atoms with Crippen LogP contribution in [0.15, 0.2) is 83.0 Å². The number of rotatable bonds is 7. The summed E-state index contributed by atoms with van der Waals surface area (Å²) in [6.45, 7) is 6.76. The number of carbonyl (C=O) groups excluding carboxylic acids is 1. The minimum atomic E-state index is -0.530. The van der Waals surface area contributed by atoms with E-state index in [1.54, 1.807) is 17.0 Å². The maximum Gasteiger partial charge on any atom is 0.322 e. The fraction of sp³-hybridized carbons (Fsp3) is 0.207. The summed E-state index contributed by atoms with van der Waals surface area (Å²) in [5.74, 6) is 0.872. The van der Waals surface area contributed by atoms with E-state index in [0.29, 0.717) is 30.0 Å². The molecule has 1 atom stereocenters. The minimum Gasteiger partial charge on any atom is -0.494 e. The van der Waals surface area contributed by atoms with Gasteiger partial charge in [-0.15, -0.1) is 0 Å². The topological polar surface area (TPSA) is 80.5 Å². The number of hydrogen-bond acceptors (Lipinski definition) is 5. The lowest BCUT2D eigenvalue weighted by Gasteiger charge is -2.35. The number of allylic oxidation sites excluding steroid dienone is 1. The molecule has 0 fully saturated rings. The van der Waals surface area contributed by atoms with Crippen molar-refractivity contribution >= 4 is 11.6 Å². The Labute approximate surface area is 214 Å². The Bertz CT molecular complexity index is 1460. The molecule has 0 radical (unpaired) electrons. The highest BCUT2D eigenvalue weighted by Gasteiger charge is 2.36. The molecule has 0 spiro atoms. The van der Waals surface area contributed by atoms with Gasteiger partial charge in [0.2, 0.25) is 5.82 Å². The van der Waals surface area contributed by atoms with Gasteiger partial charge in [-0.3, -0.25) is 4.90 Å². The van der Waals surface area contributed by atoms with E-state index in [1.807, 2.05) is 69.3 Å². The second-order valence-electron chi connectivity index (χ2n) is 8.83. The lowest BCUT2D eigenvalue weighted by Crippen LogP contribution is -2.45. The molecule has 5 rings (SSSR count). The molecule has 0 saturated heterocycles. The summed E-state index contributed by atoms with van der Waals surface area (Å²) in [6, 6.07) is 20.8. The van der Waals surface area contributed by atoms with E-state index in [0.717, 1.165) is 22.4 Å². The summed E-state index contributed by atoms with van der Waals surface area (Å²) in [6.07, 6.45) is 0. The zero-order valence-electron chi connectivity index (χ0n) is 20.9. The highest BCUT2D eigenvalue weighted by molar-refractivity contribution is 5.87. The average molecular weight is 499 g/mol. The van der Waals surface area contributed by atoms with Crippen molar-refractivity contribution in [3.63, 3.8) is 0 Å². The molecule has 2 amide bonds. The lowest BCUT2D eigenvalue weighted by molar-refractivity contribution is 0.203. The number of aromatic nitrogens is 2. The van der Waals surface area contributed by atoms with Crippen LogP contribution in [0.2, 0.25) is 0 Å². The van der Waals surface area contributed by atoms with Gasteiger partial charge in [-0.2, -0.15) is 4.98 Å². The fourth-order valence-electron chi connectivity index (χ4n) is 4.46. The summed E-state index contributed by atoms with van der Waals surface area (Å²) in [5.41, 5.74) is 4.83. The number of halogens is 1. The molecular formula is C29H27FN4O3. The zero-order chi connectivity index (χ0) is 25.9. The number of amides is 2. The Hall–Kier alpha value is -4.46. The first-order valence-corrected chi connectivity index (χ1v) is 12.1. The SMILES string of the molecule is CCOc1ccc(C2NC(=O)N(Cc3ccccc3C)C(C)=C2c2nc(-c3cccc(F)c3)no2)cc1. The van der Waals surface area contributed by atoms with Gasteiger partial charge in [0, 0.05) is 11.3 Å². The molecule has 1 aromatic heterocycles. The van der Waals surface area contributed by atoms with Crippen LogP contribution >= 0.6 is 0 Å². The predicted octanol–water partition coefficient (Wildman–Crippen LogP) is 6.28. The smallest absolute Gasteiger partial charge is 0.322 e. The Balaban J connectivity index is 1.59. The first-order chi connectivity index (χ1) is 17.9. The molecule has 8 heteroatoms. The molecule has 2 heterocycles. The zero-order valence-corrected chi connectivity index (χ0v) is 20.9. The maximum atomic E-state index is 13.8. The Morgan fingerprint density at radius 3 is 2.57 bits per heavy atom. The summed E-state index contributed by atoms with van der Waals surface area (Å²) in [5, 5.41) is 7.22. The molecule has 4 aromatic rings. The van der Waals surface area contributed by atoms with E-state index >= 15 is 0 Å². The van der Waals surface area contributed by atoms with E-state index in [4.69, 9.17) is 9.26 Å². The van der Waals surface area contributed by atoms with Crippen LogP contribution in [-0.2, 0) is 6.54 Å². The normalized spacial score (nSPS) is 15.6. The number of nitrogens with zero attached hydrogens (tertiary/aromatic N) is 3. The molecule has 188 valence electrons. The van der Waals surface area contributed by atoms with Crippen LogP contribution in [0, 0.1) is 12.7 Å². The summed E-state index contributed by atoms with van der Waals surface area (Å²) < 4.78 is 25.1. The second kappa shape index (κ2) is 10.3. The third kappa shape index (κ3) is 4.95. The number of ether oxygens (including phenoxy) is 1. The second-order valence-corrected chi connectivity index (χ2v) is 8.83. The first kappa shape index (κ1) is 24.2. The number of nitrogens with one attached hydrogen (secondary N) is 1. The molecule has 0 bridgehead atoms. The van der Waals surface area contributed by atoms with Gasteiger partial charge in [0.15, 0.2) is 0 Å². The van der Waals surface area contributed by atoms with Crippen LogP contribution in [0.1, 0.15) is 42.5 Å². The van der Waals surface area contributed by atoms with Crippen molar-refractivity contribution < 1.29 is 18.4 Å². The first-order valence-electron chi connectivity index (χ1n) is 12.1. The van der Waals surface area contributed by atoms with Gasteiger partial charge in [-0.05, 0) is 61.7 Å². The van der Waals surface area contributed by atoms with Crippen molar-refractivity contribution in [2.75, 3.05) is 6.61 Å². The van der Waals surface area contributed by atoms with Crippen LogP contribution in [0.4, 0.5) is 9.18 Å². The van der Waals surface area contributed by atoms with Gasteiger partial charge in [0.25, 0.3) is 5.89 Å². The molecule has 1 aliphatic heterocycles. The van der Waals surface area contributed by atoms with Crippen molar-refractivity contribution in [2.24, 2.45) is 0 Å². The molecule has 0 aliphatic carbocycles. The molecule has 3 aromatic carbocycles. The minimum absolute atomic E-state index is 0.228. The highest BCUT2D eigenvalue weighted by atomic mass is 19.1. The van der Waals surface area contributed by atoms with Crippen molar-refractivity contribution in [1.82, 2.24) is 20.4 Å². The average Bonchev–Trinajstić information content (AvgIpc) is 3.38. The predicted molar refractivity (Wildman–Crippen MR) is 138 cm³/mol. The quantitative estimate of drug-likeness (QED) is 0.324.